The zero-order chi connectivity index (χ0) is 17.6. The van der Waals surface area contributed by atoms with Crippen LogP contribution in [0, 0.1) is 23.2 Å². The number of benzene rings is 1. The largest absolute Gasteiger partial charge is 0.508 e. The first-order chi connectivity index (χ1) is 12.0. The van der Waals surface area contributed by atoms with E-state index in [9.17, 15) is 14.6 Å². The number of alkyl halides is 1. The van der Waals surface area contributed by atoms with E-state index in [4.69, 9.17) is 0 Å². The van der Waals surface area contributed by atoms with Crippen LogP contribution in [0.4, 0.5) is 4.39 Å². The summed E-state index contributed by atoms with van der Waals surface area (Å²) in [6.07, 6.45) is 7.80. The molecular formula is C22H31FO2. The summed E-state index contributed by atoms with van der Waals surface area (Å²) >= 11 is 0. The van der Waals surface area contributed by atoms with Gasteiger partial charge in [0.25, 0.3) is 0 Å². The Morgan fingerprint density at radius 1 is 1.20 bits per heavy atom. The standard InChI is InChI=1S/C22H31FO2/c1-22-13-15(4-2-3-11-23)21-17-8-6-16(24)12-14(17)5-7-18(21)19(22)9-10-20(22)25/h6,8,12,15,18-21,24-25H,2-5,7,9-11,13H2,1H3/t15-,18-,19-,20-,21+,22-/m0/s1. The van der Waals surface area contributed by atoms with E-state index in [1.165, 1.54) is 11.1 Å². The maximum Gasteiger partial charge on any atom is 0.115 e. The molecule has 2 nitrogen and oxygen atoms in total. The molecule has 0 heterocycles. The fraction of sp³-hybridized carbons (Fsp3) is 0.727. The normalized spacial score (nSPS) is 39.6. The SMILES string of the molecule is C[C@]12C[C@H](CCCCF)[C@@H]3c4ccc(O)cc4CC[C@H]3[C@@H]1CC[C@@H]2O. The lowest BCUT2D eigenvalue weighted by molar-refractivity contribution is -0.0501. The van der Waals surface area contributed by atoms with Crippen molar-refractivity contribution >= 4 is 0 Å². The molecule has 2 N–H and O–H groups in total. The maximum absolute atomic E-state index is 12.6. The lowest BCUT2D eigenvalue weighted by atomic mass is 9.51. The number of phenols is 1. The molecule has 4 rings (SSSR count). The van der Waals surface area contributed by atoms with Crippen molar-refractivity contribution < 1.29 is 14.6 Å². The highest BCUT2D eigenvalue weighted by Gasteiger charge is 2.57. The molecule has 0 saturated heterocycles. The van der Waals surface area contributed by atoms with Gasteiger partial charge in [-0.15, -0.1) is 0 Å². The number of aryl methyl sites for hydroxylation is 1. The Morgan fingerprint density at radius 3 is 2.84 bits per heavy atom. The average Bonchev–Trinajstić information content (AvgIpc) is 2.89. The average molecular weight is 346 g/mol. The van der Waals surface area contributed by atoms with Gasteiger partial charge in [0, 0.05) is 0 Å². The minimum Gasteiger partial charge on any atom is -0.508 e. The second-order valence-electron chi connectivity index (χ2n) is 8.97. The Hall–Kier alpha value is -1.09. The number of aromatic hydroxyl groups is 1. The van der Waals surface area contributed by atoms with Crippen LogP contribution in [0.2, 0.25) is 0 Å². The van der Waals surface area contributed by atoms with E-state index < -0.39 is 0 Å². The van der Waals surface area contributed by atoms with Gasteiger partial charge in [0.15, 0.2) is 0 Å². The molecule has 0 spiro atoms. The third kappa shape index (κ3) is 2.79. The maximum atomic E-state index is 12.6. The monoisotopic (exact) mass is 346 g/mol. The molecule has 0 unspecified atom stereocenters. The smallest absolute Gasteiger partial charge is 0.115 e. The first-order valence-corrected chi connectivity index (χ1v) is 10.1. The minimum atomic E-state index is -0.228. The van der Waals surface area contributed by atoms with E-state index in [1.807, 2.05) is 12.1 Å². The molecule has 1 aromatic carbocycles. The zero-order valence-corrected chi connectivity index (χ0v) is 15.3. The van der Waals surface area contributed by atoms with Crippen molar-refractivity contribution in [2.75, 3.05) is 6.67 Å². The third-order valence-electron chi connectivity index (χ3n) is 7.74. The van der Waals surface area contributed by atoms with Gasteiger partial charge >= 0.3 is 0 Å². The minimum absolute atomic E-state index is 0.0377. The fourth-order valence-electron chi connectivity index (χ4n) is 6.63. The summed E-state index contributed by atoms with van der Waals surface area (Å²) in [5, 5.41) is 20.6. The van der Waals surface area contributed by atoms with Crippen LogP contribution in [-0.2, 0) is 6.42 Å². The Bertz CT molecular complexity index is 630. The molecule has 1 aromatic rings. The number of rotatable bonds is 4. The molecule has 6 atom stereocenters. The number of halogens is 1. The first kappa shape index (κ1) is 17.3. The summed E-state index contributed by atoms with van der Waals surface area (Å²) < 4.78 is 12.6. The number of hydrogen-bond donors (Lipinski definition) is 2. The molecule has 3 heteroatoms. The first-order valence-electron chi connectivity index (χ1n) is 10.1. The number of aliphatic hydroxyl groups excluding tert-OH is 1. The summed E-state index contributed by atoms with van der Waals surface area (Å²) in [7, 11) is 0. The highest BCUT2D eigenvalue weighted by atomic mass is 19.1. The van der Waals surface area contributed by atoms with Crippen molar-refractivity contribution in [1.82, 2.24) is 0 Å². The number of unbranched alkanes of at least 4 members (excludes halogenated alkanes) is 1. The molecular weight excluding hydrogens is 315 g/mol. The van der Waals surface area contributed by atoms with E-state index in [2.05, 4.69) is 13.0 Å². The Balaban J connectivity index is 1.70. The molecule has 0 bridgehead atoms. The van der Waals surface area contributed by atoms with Crippen molar-refractivity contribution in [3.63, 3.8) is 0 Å². The van der Waals surface area contributed by atoms with Crippen LogP contribution in [0.3, 0.4) is 0 Å². The number of phenolic OH excluding ortho intramolecular Hbond substituents is 1. The van der Waals surface area contributed by atoms with Crippen LogP contribution in [0.25, 0.3) is 0 Å². The highest BCUT2D eigenvalue weighted by molar-refractivity contribution is 5.40. The van der Waals surface area contributed by atoms with E-state index in [-0.39, 0.29) is 18.2 Å². The molecule has 0 radical (unpaired) electrons. The number of hydrogen-bond acceptors (Lipinski definition) is 2. The van der Waals surface area contributed by atoms with Gasteiger partial charge in [-0.3, -0.25) is 4.39 Å². The molecule has 3 aliphatic carbocycles. The lowest BCUT2D eigenvalue weighted by Crippen LogP contribution is -2.47. The van der Waals surface area contributed by atoms with Crippen LogP contribution in [0.5, 0.6) is 5.75 Å². The van der Waals surface area contributed by atoms with Crippen molar-refractivity contribution in [1.29, 1.82) is 0 Å². The van der Waals surface area contributed by atoms with E-state index >= 15 is 0 Å². The molecule has 3 aliphatic rings. The molecule has 0 aliphatic heterocycles. The van der Waals surface area contributed by atoms with Gasteiger partial charge < -0.3 is 10.2 Å². The molecule has 0 aromatic heterocycles. The van der Waals surface area contributed by atoms with Crippen molar-refractivity contribution in [2.45, 2.75) is 70.3 Å². The molecule has 0 amide bonds. The summed E-state index contributed by atoms with van der Waals surface area (Å²) in [6.45, 7) is 2.08. The van der Waals surface area contributed by atoms with Gasteiger partial charge in [-0.05, 0) is 97.3 Å². The van der Waals surface area contributed by atoms with E-state index in [1.54, 1.807) is 0 Å². The molecule has 2 fully saturated rings. The lowest BCUT2D eigenvalue weighted by Gasteiger charge is -2.54. The summed E-state index contributed by atoms with van der Waals surface area (Å²) in [6, 6.07) is 5.91. The second kappa shape index (κ2) is 6.57. The summed E-state index contributed by atoms with van der Waals surface area (Å²) in [4.78, 5) is 0. The van der Waals surface area contributed by atoms with Crippen LogP contribution < -0.4 is 0 Å². The van der Waals surface area contributed by atoms with Gasteiger partial charge in [0.2, 0.25) is 0 Å². The fourth-order valence-corrected chi connectivity index (χ4v) is 6.63. The van der Waals surface area contributed by atoms with Gasteiger partial charge in [0.05, 0.1) is 12.8 Å². The highest BCUT2D eigenvalue weighted by Crippen LogP contribution is 2.63. The topological polar surface area (TPSA) is 40.5 Å². The summed E-state index contributed by atoms with van der Waals surface area (Å²) in [5.41, 5.74) is 2.76. The quantitative estimate of drug-likeness (QED) is 0.755. The third-order valence-corrected chi connectivity index (χ3v) is 7.74. The van der Waals surface area contributed by atoms with Crippen molar-refractivity contribution in [3.8, 4) is 5.75 Å². The van der Waals surface area contributed by atoms with Crippen molar-refractivity contribution in [3.05, 3.63) is 29.3 Å². The molecule has 2 saturated carbocycles. The summed E-state index contributed by atoms with van der Waals surface area (Å²) in [5.74, 6) is 2.64. The number of fused-ring (bicyclic) bond motifs is 5. The molecule has 138 valence electrons. The van der Waals surface area contributed by atoms with Crippen molar-refractivity contribution in [2.24, 2.45) is 23.2 Å². The number of aliphatic hydroxyl groups is 1. The van der Waals surface area contributed by atoms with E-state index in [0.717, 1.165) is 44.9 Å². The predicted molar refractivity (Wildman–Crippen MR) is 97.4 cm³/mol. The second-order valence-corrected chi connectivity index (χ2v) is 8.97. The van der Waals surface area contributed by atoms with Crippen LogP contribution in [0.1, 0.15) is 68.9 Å². The predicted octanol–water partition coefficient (Wildman–Crippen LogP) is 4.98. The Kier molecular flexibility index (Phi) is 4.56. The Labute approximate surface area is 150 Å². The van der Waals surface area contributed by atoms with E-state index in [0.29, 0.717) is 35.8 Å². The van der Waals surface area contributed by atoms with Gasteiger partial charge in [-0.25, -0.2) is 0 Å². The van der Waals surface area contributed by atoms with Gasteiger partial charge in [-0.2, -0.15) is 0 Å². The molecule has 25 heavy (non-hydrogen) atoms. The van der Waals surface area contributed by atoms with Crippen LogP contribution in [-0.4, -0.2) is 23.0 Å². The van der Waals surface area contributed by atoms with Crippen LogP contribution >= 0.6 is 0 Å². The van der Waals surface area contributed by atoms with Gasteiger partial charge in [0.1, 0.15) is 5.75 Å². The van der Waals surface area contributed by atoms with Crippen LogP contribution in [0.15, 0.2) is 18.2 Å². The van der Waals surface area contributed by atoms with Gasteiger partial charge in [-0.1, -0.05) is 19.4 Å². The Morgan fingerprint density at radius 2 is 2.04 bits per heavy atom. The zero-order valence-electron chi connectivity index (χ0n) is 15.3.